The first kappa shape index (κ1) is 23.4. The number of aliphatic hydroxyl groups excluding tert-OH is 1. The number of halogens is 2. The summed E-state index contributed by atoms with van der Waals surface area (Å²) in [5, 5.41) is 22.1. The number of carbonyl (C=O) groups is 2. The van der Waals surface area contributed by atoms with Crippen molar-refractivity contribution < 1.29 is 37.7 Å². The molecule has 27 heavy (non-hydrogen) atoms. The molecular weight excluding hydrogens is 378 g/mol. The van der Waals surface area contributed by atoms with Crippen LogP contribution in [0.25, 0.3) is 0 Å². The Balaban J connectivity index is 3.67. The maximum absolute atomic E-state index is 15.0. The minimum absolute atomic E-state index is 0.0138. The van der Waals surface area contributed by atoms with Crippen molar-refractivity contribution in [1.29, 1.82) is 0 Å². The van der Waals surface area contributed by atoms with E-state index in [1.54, 1.807) is 6.07 Å². The van der Waals surface area contributed by atoms with Crippen molar-refractivity contribution in [1.82, 2.24) is 0 Å². The third-order valence-electron chi connectivity index (χ3n) is 5.02. The molecule has 0 aliphatic rings. The number of methoxy groups -OCH3 is 1. The highest BCUT2D eigenvalue weighted by molar-refractivity contribution is 6.07. The Labute approximate surface area is 160 Å². The van der Waals surface area contributed by atoms with E-state index in [0.717, 1.165) is 14.0 Å². The SMILES string of the molecule is CO[C@](C)(C(F)(F)C(=O)O[SiH3])[C@](O)(C(O)C(=O)c1ccccc1)C(C)(C)C. The van der Waals surface area contributed by atoms with Gasteiger partial charge in [0, 0.05) is 12.7 Å². The van der Waals surface area contributed by atoms with Crippen LogP contribution in [0.2, 0.25) is 0 Å². The van der Waals surface area contributed by atoms with Gasteiger partial charge in [-0.15, -0.1) is 0 Å². The number of carbonyl (C=O) groups excluding carboxylic acids is 2. The lowest BCUT2D eigenvalue weighted by molar-refractivity contribution is -0.307. The predicted octanol–water partition coefficient (Wildman–Crippen LogP) is 0.871. The quantitative estimate of drug-likeness (QED) is 0.518. The molecule has 0 saturated heterocycles. The van der Waals surface area contributed by atoms with Crippen molar-refractivity contribution >= 4 is 22.2 Å². The van der Waals surface area contributed by atoms with E-state index in [-0.39, 0.29) is 16.0 Å². The van der Waals surface area contributed by atoms with E-state index in [1.807, 2.05) is 0 Å². The molecule has 0 radical (unpaired) electrons. The van der Waals surface area contributed by atoms with Crippen LogP contribution in [0.15, 0.2) is 30.3 Å². The Bertz CT molecular complexity index is 691. The van der Waals surface area contributed by atoms with Gasteiger partial charge in [-0.3, -0.25) is 4.79 Å². The average Bonchev–Trinajstić information content (AvgIpc) is 2.64. The molecule has 0 bridgehead atoms. The predicted molar refractivity (Wildman–Crippen MR) is 97.6 cm³/mol. The second kappa shape index (κ2) is 7.74. The van der Waals surface area contributed by atoms with E-state index >= 15 is 0 Å². The standard InChI is InChI=1S/C18H26F2O6Si/c1-15(2,3)17(24,13(22)12(21)11-9-7-6-8-10-11)16(4,25-5)18(19,20)14(23)26-27/h6-10,13,22,24H,1-5,27H3/t13?,16-,17-/m0/s1. The van der Waals surface area contributed by atoms with Gasteiger partial charge in [-0.1, -0.05) is 51.1 Å². The summed E-state index contributed by atoms with van der Waals surface area (Å²) in [4.78, 5) is 24.5. The summed E-state index contributed by atoms with van der Waals surface area (Å²) in [7, 11) is 0.559. The number of aliphatic hydroxyl groups is 2. The molecule has 1 unspecified atom stereocenters. The first-order chi connectivity index (χ1) is 12.2. The number of rotatable bonds is 7. The van der Waals surface area contributed by atoms with Crippen molar-refractivity contribution in [3.8, 4) is 0 Å². The van der Waals surface area contributed by atoms with Gasteiger partial charge >= 0.3 is 11.9 Å². The minimum atomic E-state index is -4.34. The van der Waals surface area contributed by atoms with E-state index < -0.39 is 40.4 Å². The first-order valence-corrected chi connectivity index (χ1v) is 9.05. The molecule has 2 N–H and O–H groups in total. The highest BCUT2D eigenvalue weighted by atomic mass is 28.2. The Morgan fingerprint density at radius 1 is 1.11 bits per heavy atom. The van der Waals surface area contributed by atoms with Crippen molar-refractivity contribution in [2.45, 2.75) is 50.9 Å². The van der Waals surface area contributed by atoms with Gasteiger partial charge < -0.3 is 19.4 Å². The van der Waals surface area contributed by atoms with Crippen LogP contribution in [0, 0.1) is 5.41 Å². The van der Waals surface area contributed by atoms with Crippen molar-refractivity contribution in [2.75, 3.05) is 7.11 Å². The van der Waals surface area contributed by atoms with E-state index in [1.165, 1.54) is 45.0 Å². The molecule has 0 aliphatic heterocycles. The third-order valence-corrected chi connectivity index (χ3v) is 5.39. The van der Waals surface area contributed by atoms with E-state index in [4.69, 9.17) is 4.74 Å². The van der Waals surface area contributed by atoms with E-state index in [0.29, 0.717) is 0 Å². The maximum Gasteiger partial charge on any atom is 0.372 e. The summed E-state index contributed by atoms with van der Waals surface area (Å²) in [6, 6.07) is 7.44. The molecule has 0 fully saturated rings. The van der Waals surface area contributed by atoms with Crippen LogP contribution in [0.4, 0.5) is 8.78 Å². The van der Waals surface area contributed by atoms with Gasteiger partial charge in [0.15, 0.2) is 11.4 Å². The second-order valence-corrected chi connectivity index (χ2v) is 7.86. The summed E-state index contributed by atoms with van der Waals surface area (Å²) in [6.45, 7) is 4.84. The Morgan fingerprint density at radius 2 is 1.59 bits per heavy atom. The molecule has 1 rings (SSSR count). The van der Waals surface area contributed by atoms with Crippen molar-refractivity contribution in [3.05, 3.63) is 35.9 Å². The zero-order valence-corrected chi connectivity index (χ0v) is 18.2. The van der Waals surface area contributed by atoms with Gasteiger partial charge in [0.2, 0.25) is 10.5 Å². The zero-order valence-electron chi connectivity index (χ0n) is 16.2. The topological polar surface area (TPSA) is 93.1 Å². The molecule has 152 valence electrons. The van der Waals surface area contributed by atoms with Crippen LogP contribution in [0.3, 0.4) is 0 Å². The van der Waals surface area contributed by atoms with Crippen LogP contribution >= 0.6 is 0 Å². The maximum atomic E-state index is 15.0. The molecule has 0 heterocycles. The molecule has 1 aromatic rings. The number of hydrogen-bond donors (Lipinski definition) is 2. The molecular formula is C18H26F2O6Si. The molecule has 0 amide bonds. The molecule has 3 atom stereocenters. The summed E-state index contributed by atoms with van der Waals surface area (Å²) in [5.74, 6) is -7.23. The second-order valence-electron chi connectivity index (χ2n) is 7.45. The Hall–Kier alpha value is -1.68. The summed E-state index contributed by atoms with van der Waals surface area (Å²) in [5.41, 5.74) is -7.32. The number of benzene rings is 1. The fraction of sp³-hybridized carbons (Fsp3) is 0.556. The molecule has 0 saturated carbocycles. The highest BCUT2D eigenvalue weighted by Crippen LogP contribution is 2.51. The van der Waals surface area contributed by atoms with Crippen LogP contribution in [0.5, 0.6) is 0 Å². The molecule has 0 aromatic heterocycles. The summed E-state index contributed by atoms with van der Waals surface area (Å²) < 4.78 is 39.1. The van der Waals surface area contributed by atoms with E-state index in [9.17, 15) is 28.6 Å². The minimum Gasteiger partial charge on any atom is -0.524 e. The van der Waals surface area contributed by atoms with Gasteiger partial charge in [-0.2, -0.15) is 8.78 Å². The fourth-order valence-corrected chi connectivity index (χ4v) is 3.44. The largest absolute Gasteiger partial charge is 0.524 e. The van der Waals surface area contributed by atoms with Crippen LogP contribution < -0.4 is 0 Å². The molecule has 9 heteroatoms. The van der Waals surface area contributed by atoms with Gasteiger partial charge in [-0.05, 0) is 12.3 Å². The lowest BCUT2D eigenvalue weighted by atomic mass is 9.60. The third kappa shape index (κ3) is 3.56. The lowest BCUT2D eigenvalue weighted by Crippen LogP contribution is -2.76. The van der Waals surface area contributed by atoms with Gasteiger partial charge in [-0.25, -0.2) is 4.79 Å². The van der Waals surface area contributed by atoms with Crippen LogP contribution in [-0.4, -0.2) is 62.8 Å². The average molecular weight is 404 g/mol. The van der Waals surface area contributed by atoms with Crippen molar-refractivity contribution in [2.24, 2.45) is 5.41 Å². The number of Topliss-reactive ketones (excluding diaryl/α,β-unsaturated/α-hetero) is 1. The summed E-state index contributed by atoms with van der Waals surface area (Å²) in [6.07, 6.45) is -2.31. The Kier molecular flexibility index (Phi) is 6.70. The molecule has 1 aromatic carbocycles. The van der Waals surface area contributed by atoms with Gasteiger partial charge in [0.1, 0.15) is 11.7 Å². The lowest BCUT2D eigenvalue weighted by Gasteiger charge is -2.54. The molecule has 6 nitrogen and oxygen atoms in total. The number of ketones is 1. The fourth-order valence-electron chi connectivity index (χ4n) is 3.18. The Morgan fingerprint density at radius 3 is 1.96 bits per heavy atom. The summed E-state index contributed by atoms with van der Waals surface area (Å²) >= 11 is 0. The molecule has 0 spiro atoms. The highest BCUT2D eigenvalue weighted by Gasteiger charge is 2.73. The smallest absolute Gasteiger partial charge is 0.372 e. The number of hydrogen-bond acceptors (Lipinski definition) is 6. The van der Waals surface area contributed by atoms with E-state index in [2.05, 4.69) is 4.43 Å². The van der Waals surface area contributed by atoms with Crippen LogP contribution in [-0.2, 0) is 14.0 Å². The van der Waals surface area contributed by atoms with Crippen molar-refractivity contribution in [3.63, 3.8) is 0 Å². The zero-order chi connectivity index (χ0) is 21.3. The normalized spacial score (nSPS) is 18.3. The number of alkyl halides is 2. The monoisotopic (exact) mass is 404 g/mol. The van der Waals surface area contributed by atoms with Crippen LogP contribution in [0.1, 0.15) is 38.1 Å². The van der Waals surface area contributed by atoms with Gasteiger partial charge in [0.25, 0.3) is 0 Å². The number of ether oxygens (including phenoxy) is 1. The van der Waals surface area contributed by atoms with Gasteiger partial charge in [0.05, 0.1) is 0 Å². The first-order valence-electron chi connectivity index (χ1n) is 8.23. The molecule has 0 aliphatic carbocycles.